The summed E-state index contributed by atoms with van der Waals surface area (Å²) in [7, 11) is -3.66. The van der Waals surface area contributed by atoms with Crippen LogP contribution in [-0.4, -0.2) is 8.42 Å². The molecule has 0 aromatic heterocycles. The Morgan fingerprint density at radius 1 is 1.27 bits per heavy atom. The molecule has 0 heterocycles. The molecule has 0 bridgehead atoms. The van der Waals surface area contributed by atoms with Crippen LogP contribution in [0.15, 0.2) is 24.3 Å². The second-order valence-electron chi connectivity index (χ2n) is 3.45. The van der Waals surface area contributed by atoms with Crippen molar-refractivity contribution < 1.29 is 8.42 Å². The van der Waals surface area contributed by atoms with Crippen molar-refractivity contribution in [3.05, 3.63) is 29.8 Å². The molecule has 0 spiro atoms. The molecule has 3 N–H and O–H groups in total. The van der Waals surface area contributed by atoms with Gasteiger partial charge in [0.2, 0.25) is 0 Å². The SMILES string of the molecule is CCCCc1ccc(NS(N)(=O)=O)cc1. The van der Waals surface area contributed by atoms with Gasteiger partial charge in [0.15, 0.2) is 0 Å². The van der Waals surface area contributed by atoms with Gasteiger partial charge in [0, 0.05) is 5.69 Å². The lowest BCUT2D eigenvalue weighted by Crippen LogP contribution is -2.21. The van der Waals surface area contributed by atoms with Crippen LogP contribution < -0.4 is 9.86 Å². The molecule has 0 unspecified atom stereocenters. The van der Waals surface area contributed by atoms with Gasteiger partial charge in [0.1, 0.15) is 0 Å². The molecule has 0 aliphatic heterocycles. The molecule has 84 valence electrons. The smallest absolute Gasteiger partial charge is 0.271 e. The van der Waals surface area contributed by atoms with Gasteiger partial charge in [-0.15, -0.1) is 0 Å². The number of nitrogens with one attached hydrogen (secondary N) is 1. The Morgan fingerprint density at radius 3 is 2.33 bits per heavy atom. The maximum absolute atomic E-state index is 10.7. The Hall–Kier alpha value is -1.07. The Balaban J connectivity index is 2.64. The van der Waals surface area contributed by atoms with Gasteiger partial charge in [-0.3, -0.25) is 4.72 Å². The number of rotatable bonds is 5. The van der Waals surface area contributed by atoms with E-state index in [0.717, 1.165) is 19.3 Å². The Morgan fingerprint density at radius 2 is 1.87 bits per heavy atom. The normalized spacial score (nSPS) is 11.3. The van der Waals surface area contributed by atoms with Gasteiger partial charge in [0.25, 0.3) is 10.2 Å². The van der Waals surface area contributed by atoms with Gasteiger partial charge in [0.05, 0.1) is 0 Å². The summed E-state index contributed by atoms with van der Waals surface area (Å²) < 4.78 is 23.7. The van der Waals surface area contributed by atoms with Gasteiger partial charge >= 0.3 is 0 Å². The highest BCUT2D eigenvalue weighted by Gasteiger charge is 2.01. The van der Waals surface area contributed by atoms with E-state index < -0.39 is 10.2 Å². The van der Waals surface area contributed by atoms with Crippen molar-refractivity contribution in [2.45, 2.75) is 26.2 Å². The average Bonchev–Trinajstić information content (AvgIpc) is 2.14. The molecule has 15 heavy (non-hydrogen) atoms. The molecule has 0 radical (unpaired) electrons. The Bertz CT molecular complexity index is 398. The lowest BCUT2D eigenvalue weighted by molar-refractivity contribution is 0.603. The highest BCUT2D eigenvalue weighted by molar-refractivity contribution is 7.90. The summed E-state index contributed by atoms with van der Waals surface area (Å²) in [6, 6.07) is 7.25. The zero-order chi connectivity index (χ0) is 11.3. The van der Waals surface area contributed by atoms with Gasteiger partial charge in [-0.1, -0.05) is 25.5 Å². The van der Waals surface area contributed by atoms with Gasteiger partial charge < -0.3 is 0 Å². The number of nitrogens with two attached hydrogens (primary N) is 1. The number of benzene rings is 1. The molecule has 5 heteroatoms. The van der Waals surface area contributed by atoms with E-state index in [1.54, 1.807) is 12.1 Å². The highest BCUT2D eigenvalue weighted by Crippen LogP contribution is 2.12. The molecule has 0 amide bonds. The Labute approximate surface area is 90.7 Å². The third-order valence-electron chi connectivity index (χ3n) is 2.03. The fourth-order valence-electron chi connectivity index (χ4n) is 1.28. The first-order valence-corrected chi connectivity index (χ1v) is 6.45. The zero-order valence-electron chi connectivity index (χ0n) is 8.73. The summed E-state index contributed by atoms with van der Waals surface area (Å²) in [5.41, 5.74) is 1.70. The third-order valence-corrected chi connectivity index (χ3v) is 2.55. The zero-order valence-corrected chi connectivity index (χ0v) is 9.55. The lowest BCUT2D eigenvalue weighted by Gasteiger charge is -2.04. The standard InChI is InChI=1S/C10H16N2O2S/c1-2-3-4-9-5-7-10(8-6-9)12-15(11,13)14/h5-8,12H,2-4H2,1H3,(H2,11,13,14). The van der Waals surface area contributed by atoms with Crippen molar-refractivity contribution in [2.75, 3.05) is 4.72 Å². The summed E-state index contributed by atoms with van der Waals surface area (Å²) in [6.45, 7) is 2.14. The monoisotopic (exact) mass is 228 g/mol. The molecule has 1 aromatic rings. The van der Waals surface area contributed by atoms with Crippen molar-refractivity contribution >= 4 is 15.9 Å². The quantitative estimate of drug-likeness (QED) is 0.804. The van der Waals surface area contributed by atoms with Crippen LogP contribution in [0.4, 0.5) is 5.69 Å². The Kier molecular flexibility index (Phi) is 4.11. The summed E-state index contributed by atoms with van der Waals surface area (Å²) in [6.07, 6.45) is 3.31. The van der Waals surface area contributed by atoms with Crippen molar-refractivity contribution in [1.82, 2.24) is 0 Å². The summed E-state index contributed by atoms with van der Waals surface area (Å²) in [5.74, 6) is 0. The fourth-order valence-corrected chi connectivity index (χ4v) is 1.75. The number of anilines is 1. The van der Waals surface area contributed by atoms with E-state index in [1.807, 2.05) is 12.1 Å². The van der Waals surface area contributed by atoms with Gasteiger partial charge in [-0.25, -0.2) is 5.14 Å². The third kappa shape index (κ3) is 4.80. The molecular formula is C10H16N2O2S. The topological polar surface area (TPSA) is 72.2 Å². The highest BCUT2D eigenvalue weighted by atomic mass is 32.2. The summed E-state index contributed by atoms with van der Waals surface area (Å²) >= 11 is 0. The average molecular weight is 228 g/mol. The lowest BCUT2D eigenvalue weighted by atomic mass is 10.1. The van der Waals surface area contributed by atoms with Crippen molar-refractivity contribution in [2.24, 2.45) is 5.14 Å². The van der Waals surface area contributed by atoms with Crippen LogP contribution in [0.3, 0.4) is 0 Å². The number of unbranched alkanes of at least 4 members (excludes halogenated alkanes) is 1. The van der Waals surface area contributed by atoms with E-state index in [4.69, 9.17) is 5.14 Å². The van der Waals surface area contributed by atoms with Crippen LogP contribution in [0, 0.1) is 0 Å². The first-order valence-electron chi connectivity index (χ1n) is 4.91. The molecule has 0 saturated carbocycles. The summed E-state index contributed by atoms with van der Waals surface area (Å²) in [5, 5.41) is 4.85. The molecule has 0 aliphatic rings. The number of aryl methyl sites for hydroxylation is 1. The minimum atomic E-state index is -3.66. The van der Waals surface area contributed by atoms with E-state index in [2.05, 4.69) is 11.6 Å². The van der Waals surface area contributed by atoms with Crippen LogP contribution in [0.5, 0.6) is 0 Å². The van der Waals surface area contributed by atoms with E-state index in [9.17, 15) is 8.42 Å². The van der Waals surface area contributed by atoms with Gasteiger partial charge in [-0.2, -0.15) is 8.42 Å². The van der Waals surface area contributed by atoms with Gasteiger partial charge in [-0.05, 0) is 30.5 Å². The molecule has 0 fully saturated rings. The van der Waals surface area contributed by atoms with Crippen LogP contribution in [0.25, 0.3) is 0 Å². The molecule has 4 nitrogen and oxygen atoms in total. The molecule has 1 aromatic carbocycles. The minimum absolute atomic E-state index is 0.498. The molecule has 0 aliphatic carbocycles. The van der Waals surface area contributed by atoms with Crippen molar-refractivity contribution in [3.8, 4) is 0 Å². The van der Waals surface area contributed by atoms with E-state index in [-0.39, 0.29) is 0 Å². The van der Waals surface area contributed by atoms with E-state index >= 15 is 0 Å². The predicted octanol–water partition coefficient (Wildman–Crippen LogP) is 1.64. The first-order chi connectivity index (χ1) is 7.01. The maximum atomic E-state index is 10.7. The van der Waals surface area contributed by atoms with Crippen LogP contribution >= 0.6 is 0 Å². The number of hydrogen-bond acceptors (Lipinski definition) is 2. The van der Waals surface area contributed by atoms with Crippen LogP contribution in [0.2, 0.25) is 0 Å². The number of hydrogen-bond donors (Lipinski definition) is 2. The van der Waals surface area contributed by atoms with E-state index in [0.29, 0.717) is 5.69 Å². The predicted molar refractivity (Wildman–Crippen MR) is 61.8 cm³/mol. The molecule has 0 saturated heterocycles. The summed E-state index contributed by atoms with van der Waals surface area (Å²) in [4.78, 5) is 0. The van der Waals surface area contributed by atoms with Crippen LogP contribution in [-0.2, 0) is 16.6 Å². The maximum Gasteiger partial charge on any atom is 0.296 e. The van der Waals surface area contributed by atoms with E-state index in [1.165, 1.54) is 5.56 Å². The van der Waals surface area contributed by atoms with Crippen molar-refractivity contribution in [1.29, 1.82) is 0 Å². The van der Waals surface area contributed by atoms with Crippen molar-refractivity contribution in [3.63, 3.8) is 0 Å². The molecule has 1 rings (SSSR count). The first kappa shape index (κ1) is 12.0. The van der Waals surface area contributed by atoms with Crippen LogP contribution in [0.1, 0.15) is 25.3 Å². The second-order valence-corrected chi connectivity index (χ2v) is 4.74. The molecular weight excluding hydrogens is 212 g/mol. The molecule has 0 atom stereocenters. The second kappa shape index (κ2) is 5.14. The fraction of sp³-hybridized carbons (Fsp3) is 0.400. The minimum Gasteiger partial charge on any atom is -0.271 e. The largest absolute Gasteiger partial charge is 0.296 e.